The van der Waals surface area contributed by atoms with Gasteiger partial charge in [-0.3, -0.25) is 0 Å². The number of hydrogen-bond acceptors (Lipinski definition) is 4. The molecule has 4 heteroatoms. The van der Waals surface area contributed by atoms with Crippen LogP contribution in [0, 0.1) is 0 Å². The number of nitrogens with zero attached hydrogens (tertiary/aromatic N) is 2. The van der Waals surface area contributed by atoms with Crippen molar-refractivity contribution in [1.82, 2.24) is 5.32 Å². The van der Waals surface area contributed by atoms with Gasteiger partial charge in [0.15, 0.2) is 0 Å². The van der Waals surface area contributed by atoms with E-state index in [9.17, 15) is 4.79 Å². The lowest BCUT2D eigenvalue weighted by Crippen LogP contribution is -2.43. The van der Waals surface area contributed by atoms with Gasteiger partial charge in [-0.05, 0) is 24.3 Å². The zero-order chi connectivity index (χ0) is 10.5. The summed E-state index contributed by atoms with van der Waals surface area (Å²) < 4.78 is 0. The molecule has 1 saturated heterocycles. The third-order valence-electron chi connectivity index (χ3n) is 2.51. The molecular formula is C11H13N3O. The molecule has 0 spiro atoms. The summed E-state index contributed by atoms with van der Waals surface area (Å²) in [6.07, 6.45) is 1.53. The molecule has 0 saturated carbocycles. The Morgan fingerprint density at radius 1 is 1.20 bits per heavy atom. The van der Waals surface area contributed by atoms with E-state index in [1.807, 2.05) is 24.3 Å². The van der Waals surface area contributed by atoms with Crippen molar-refractivity contribution in [1.29, 1.82) is 0 Å². The minimum atomic E-state index is 0.656. The molecule has 4 nitrogen and oxygen atoms in total. The summed E-state index contributed by atoms with van der Waals surface area (Å²) in [5, 5.41) is 3.30. The van der Waals surface area contributed by atoms with E-state index in [1.165, 1.54) is 11.8 Å². The van der Waals surface area contributed by atoms with Crippen LogP contribution in [-0.4, -0.2) is 32.3 Å². The fourth-order valence-electron chi connectivity index (χ4n) is 1.71. The van der Waals surface area contributed by atoms with E-state index in [0.717, 1.165) is 26.2 Å². The van der Waals surface area contributed by atoms with Crippen LogP contribution >= 0.6 is 0 Å². The van der Waals surface area contributed by atoms with Gasteiger partial charge in [0.1, 0.15) is 0 Å². The molecule has 1 aromatic rings. The Morgan fingerprint density at radius 3 is 2.47 bits per heavy atom. The summed E-state index contributed by atoms with van der Waals surface area (Å²) in [5.74, 6) is 0. The standard InChI is InChI=1S/C11H13N3O/c15-9-13-10-1-3-11(4-2-10)14-7-5-12-6-8-14/h1-4,12H,5-8H2. The second kappa shape index (κ2) is 4.73. The van der Waals surface area contributed by atoms with Crippen LogP contribution in [0.4, 0.5) is 11.4 Å². The summed E-state index contributed by atoms with van der Waals surface area (Å²) in [7, 11) is 0. The van der Waals surface area contributed by atoms with Crippen LogP contribution in [-0.2, 0) is 4.79 Å². The minimum Gasteiger partial charge on any atom is -0.369 e. The molecule has 1 aromatic carbocycles. The number of benzene rings is 1. The van der Waals surface area contributed by atoms with Gasteiger partial charge in [-0.15, -0.1) is 0 Å². The monoisotopic (exact) mass is 203 g/mol. The fourth-order valence-corrected chi connectivity index (χ4v) is 1.71. The lowest BCUT2D eigenvalue weighted by Gasteiger charge is -2.29. The van der Waals surface area contributed by atoms with Crippen LogP contribution in [0.3, 0.4) is 0 Å². The number of hydrogen-bond donors (Lipinski definition) is 1. The van der Waals surface area contributed by atoms with Gasteiger partial charge in [0.05, 0.1) is 5.69 Å². The van der Waals surface area contributed by atoms with Crippen molar-refractivity contribution in [3.8, 4) is 0 Å². The first-order chi connectivity index (χ1) is 7.40. The van der Waals surface area contributed by atoms with Gasteiger partial charge >= 0.3 is 0 Å². The van der Waals surface area contributed by atoms with Crippen LogP contribution in [0.1, 0.15) is 0 Å². The summed E-state index contributed by atoms with van der Waals surface area (Å²) in [4.78, 5) is 15.9. The van der Waals surface area contributed by atoms with E-state index in [2.05, 4.69) is 15.2 Å². The van der Waals surface area contributed by atoms with Crippen molar-refractivity contribution >= 4 is 17.5 Å². The van der Waals surface area contributed by atoms with Crippen molar-refractivity contribution in [2.75, 3.05) is 31.1 Å². The van der Waals surface area contributed by atoms with Crippen molar-refractivity contribution in [2.45, 2.75) is 0 Å². The molecule has 1 aliphatic heterocycles. The Hall–Kier alpha value is -1.64. The fraction of sp³-hybridized carbons (Fsp3) is 0.364. The van der Waals surface area contributed by atoms with E-state index < -0.39 is 0 Å². The van der Waals surface area contributed by atoms with Crippen LogP contribution in [0.25, 0.3) is 0 Å². The van der Waals surface area contributed by atoms with E-state index in [-0.39, 0.29) is 0 Å². The molecule has 1 heterocycles. The first kappa shape index (κ1) is 9.90. The van der Waals surface area contributed by atoms with E-state index in [0.29, 0.717) is 5.69 Å². The molecule has 0 amide bonds. The molecule has 0 atom stereocenters. The molecule has 0 radical (unpaired) electrons. The first-order valence-electron chi connectivity index (χ1n) is 5.04. The van der Waals surface area contributed by atoms with Crippen LogP contribution < -0.4 is 10.2 Å². The average molecular weight is 203 g/mol. The van der Waals surface area contributed by atoms with Crippen molar-refractivity contribution in [3.05, 3.63) is 24.3 Å². The highest BCUT2D eigenvalue weighted by Crippen LogP contribution is 2.19. The summed E-state index contributed by atoms with van der Waals surface area (Å²) >= 11 is 0. The van der Waals surface area contributed by atoms with E-state index >= 15 is 0 Å². The van der Waals surface area contributed by atoms with Gasteiger partial charge in [-0.25, -0.2) is 4.79 Å². The number of aliphatic imine (C=N–C) groups is 1. The molecule has 1 aliphatic rings. The number of nitrogens with one attached hydrogen (secondary N) is 1. The highest BCUT2D eigenvalue weighted by atomic mass is 16.1. The Bertz CT molecular complexity index is 362. The van der Waals surface area contributed by atoms with Gasteiger partial charge in [0.2, 0.25) is 6.08 Å². The molecule has 0 bridgehead atoms. The third-order valence-corrected chi connectivity index (χ3v) is 2.51. The van der Waals surface area contributed by atoms with Crippen molar-refractivity contribution in [3.63, 3.8) is 0 Å². The number of anilines is 1. The highest BCUT2D eigenvalue weighted by molar-refractivity contribution is 5.56. The largest absolute Gasteiger partial charge is 0.369 e. The van der Waals surface area contributed by atoms with Crippen LogP contribution in [0.2, 0.25) is 0 Å². The molecular weight excluding hydrogens is 190 g/mol. The number of piperazine rings is 1. The Morgan fingerprint density at radius 2 is 1.87 bits per heavy atom. The van der Waals surface area contributed by atoms with E-state index in [1.54, 1.807) is 0 Å². The molecule has 2 rings (SSSR count). The van der Waals surface area contributed by atoms with Gasteiger partial charge in [0.25, 0.3) is 0 Å². The molecule has 1 fully saturated rings. The molecule has 0 aromatic heterocycles. The average Bonchev–Trinajstić information content (AvgIpc) is 2.32. The topological polar surface area (TPSA) is 44.7 Å². The number of carbonyl (C=O) groups excluding carboxylic acids is 1. The Labute approximate surface area is 88.6 Å². The Balaban J connectivity index is 2.11. The van der Waals surface area contributed by atoms with Gasteiger partial charge in [-0.1, -0.05) is 0 Å². The van der Waals surface area contributed by atoms with Gasteiger partial charge < -0.3 is 10.2 Å². The summed E-state index contributed by atoms with van der Waals surface area (Å²) in [6, 6.07) is 7.65. The zero-order valence-corrected chi connectivity index (χ0v) is 8.44. The maximum absolute atomic E-state index is 10.1. The second-order valence-corrected chi connectivity index (χ2v) is 3.46. The maximum atomic E-state index is 10.1. The second-order valence-electron chi connectivity index (χ2n) is 3.46. The highest BCUT2D eigenvalue weighted by Gasteiger charge is 2.09. The molecule has 0 aliphatic carbocycles. The predicted molar refractivity (Wildman–Crippen MR) is 59.3 cm³/mol. The lowest BCUT2D eigenvalue weighted by atomic mass is 10.2. The van der Waals surface area contributed by atoms with Gasteiger partial charge in [0, 0.05) is 31.9 Å². The number of isocyanates is 1. The third kappa shape index (κ3) is 2.43. The SMILES string of the molecule is O=C=Nc1ccc(N2CCNCC2)cc1. The zero-order valence-electron chi connectivity index (χ0n) is 8.44. The van der Waals surface area contributed by atoms with E-state index in [4.69, 9.17) is 0 Å². The predicted octanol–water partition coefficient (Wildman–Crippen LogP) is 1.06. The minimum absolute atomic E-state index is 0.656. The maximum Gasteiger partial charge on any atom is 0.240 e. The molecule has 0 unspecified atom stereocenters. The summed E-state index contributed by atoms with van der Waals surface area (Å²) in [5.41, 5.74) is 1.84. The van der Waals surface area contributed by atoms with Crippen molar-refractivity contribution in [2.24, 2.45) is 4.99 Å². The first-order valence-corrected chi connectivity index (χ1v) is 5.04. The normalized spacial score (nSPS) is 15.9. The number of rotatable bonds is 2. The van der Waals surface area contributed by atoms with Crippen LogP contribution in [0.15, 0.2) is 29.3 Å². The summed E-state index contributed by atoms with van der Waals surface area (Å²) in [6.45, 7) is 4.09. The smallest absolute Gasteiger partial charge is 0.240 e. The van der Waals surface area contributed by atoms with Gasteiger partial charge in [-0.2, -0.15) is 4.99 Å². The van der Waals surface area contributed by atoms with Crippen LogP contribution in [0.5, 0.6) is 0 Å². The molecule has 1 N–H and O–H groups in total. The quantitative estimate of drug-likeness (QED) is 0.577. The molecule has 78 valence electrons. The Kier molecular flexibility index (Phi) is 3.12. The lowest BCUT2D eigenvalue weighted by molar-refractivity contribution is 0.565. The van der Waals surface area contributed by atoms with Crippen molar-refractivity contribution < 1.29 is 4.79 Å². The molecule has 15 heavy (non-hydrogen) atoms.